The first-order chi connectivity index (χ1) is 13.7. The molecule has 1 amide bonds. The maximum atomic E-state index is 12.9. The molecule has 0 saturated carbocycles. The van der Waals surface area contributed by atoms with Crippen LogP contribution in [0.5, 0.6) is 11.5 Å². The molecule has 2 aromatic heterocycles. The molecule has 8 heteroatoms. The number of rotatable bonds is 5. The van der Waals surface area contributed by atoms with E-state index in [0.29, 0.717) is 35.9 Å². The second kappa shape index (κ2) is 7.85. The SMILES string of the molecule is COc1cc(OC)cc(C(=O)N2CCN(Cc3cn4cccnc4n3)CC2)c1. The summed E-state index contributed by atoms with van der Waals surface area (Å²) in [5, 5.41) is 0. The second-order valence-corrected chi connectivity index (χ2v) is 6.73. The van der Waals surface area contributed by atoms with Crippen LogP contribution >= 0.6 is 0 Å². The van der Waals surface area contributed by atoms with Crippen LogP contribution in [-0.2, 0) is 6.54 Å². The van der Waals surface area contributed by atoms with Crippen molar-refractivity contribution in [3.63, 3.8) is 0 Å². The molecule has 0 bridgehead atoms. The summed E-state index contributed by atoms with van der Waals surface area (Å²) in [5.41, 5.74) is 1.56. The number of benzene rings is 1. The number of methoxy groups -OCH3 is 2. The van der Waals surface area contributed by atoms with Crippen molar-refractivity contribution in [2.75, 3.05) is 40.4 Å². The zero-order valence-electron chi connectivity index (χ0n) is 16.0. The fraction of sp³-hybridized carbons (Fsp3) is 0.350. The largest absolute Gasteiger partial charge is 0.497 e. The van der Waals surface area contributed by atoms with E-state index in [1.54, 1.807) is 38.6 Å². The van der Waals surface area contributed by atoms with E-state index >= 15 is 0 Å². The first-order valence-electron chi connectivity index (χ1n) is 9.19. The fourth-order valence-electron chi connectivity index (χ4n) is 3.41. The summed E-state index contributed by atoms with van der Waals surface area (Å²) in [7, 11) is 3.16. The Labute approximate surface area is 163 Å². The number of imidazole rings is 1. The molecular formula is C20H23N5O3. The van der Waals surface area contributed by atoms with Crippen molar-refractivity contribution in [2.24, 2.45) is 0 Å². The smallest absolute Gasteiger partial charge is 0.254 e. The molecule has 3 aromatic rings. The van der Waals surface area contributed by atoms with Crippen molar-refractivity contribution in [1.82, 2.24) is 24.2 Å². The molecule has 1 fully saturated rings. The Morgan fingerprint density at radius 2 is 1.79 bits per heavy atom. The van der Waals surface area contributed by atoms with Crippen LogP contribution < -0.4 is 9.47 Å². The third-order valence-electron chi connectivity index (χ3n) is 4.93. The van der Waals surface area contributed by atoms with Crippen molar-refractivity contribution >= 4 is 11.7 Å². The van der Waals surface area contributed by atoms with Gasteiger partial charge in [-0.2, -0.15) is 0 Å². The summed E-state index contributed by atoms with van der Waals surface area (Å²) < 4.78 is 12.5. The van der Waals surface area contributed by atoms with Crippen LogP contribution in [0.1, 0.15) is 16.1 Å². The number of nitrogens with zero attached hydrogens (tertiary/aromatic N) is 5. The van der Waals surface area contributed by atoms with Crippen LogP contribution in [-0.4, -0.2) is 70.5 Å². The topological polar surface area (TPSA) is 72.2 Å². The average molecular weight is 381 g/mol. The number of amides is 1. The molecular weight excluding hydrogens is 358 g/mol. The first kappa shape index (κ1) is 18.2. The summed E-state index contributed by atoms with van der Waals surface area (Å²) in [6, 6.07) is 7.15. The molecule has 1 saturated heterocycles. The van der Waals surface area contributed by atoms with Gasteiger partial charge in [-0.1, -0.05) is 0 Å². The Balaban J connectivity index is 1.39. The van der Waals surface area contributed by atoms with Crippen molar-refractivity contribution in [3.05, 3.63) is 54.1 Å². The van der Waals surface area contributed by atoms with Gasteiger partial charge >= 0.3 is 0 Å². The highest BCUT2D eigenvalue weighted by atomic mass is 16.5. The number of piperazine rings is 1. The van der Waals surface area contributed by atoms with E-state index in [9.17, 15) is 4.79 Å². The van der Waals surface area contributed by atoms with E-state index < -0.39 is 0 Å². The molecule has 8 nitrogen and oxygen atoms in total. The summed E-state index contributed by atoms with van der Waals surface area (Å²) in [6.07, 6.45) is 5.68. The molecule has 0 unspecified atom stereocenters. The van der Waals surface area contributed by atoms with Crippen LogP contribution in [0.2, 0.25) is 0 Å². The minimum atomic E-state index is -0.00576. The minimum Gasteiger partial charge on any atom is -0.497 e. The third-order valence-corrected chi connectivity index (χ3v) is 4.93. The number of ether oxygens (including phenoxy) is 2. The summed E-state index contributed by atoms with van der Waals surface area (Å²) >= 11 is 0. The van der Waals surface area contributed by atoms with Crippen LogP contribution in [0.15, 0.2) is 42.9 Å². The molecule has 3 heterocycles. The number of fused-ring (bicyclic) bond motifs is 1. The molecule has 0 spiro atoms. The number of hydrogen-bond acceptors (Lipinski definition) is 6. The third kappa shape index (κ3) is 3.77. The predicted octanol–water partition coefficient (Wildman–Crippen LogP) is 1.70. The molecule has 4 rings (SSSR count). The molecule has 1 aliphatic heterocycles. The molecule has 0 radical (unpaired) electrons. The highest BCUT2D eigenvalue weighted by molar-refractivity contribution is 5.95. The maximum absolute atomic E-state index is 12.9. The molecule has 1 aromatic carbocycles. The van der Waals surface area contributed by atoms with Gasteiger partial charge in [0.15, 0.2) is 0 Å². The standard InChI is InChI=1S/C20H23N5O3/c1-27-17-10-15(11-18(12-17)28-2)19(26)24-8-6-23(7-9-24)13-16-14-25-5-3-4-21-20(25)22-16/h3-5,10-12,14H,6-9,13H2,1-2H3. The Morgan fingerprint density at radius 3 is 2.43 bits per heavy atom. The van der Waals surface area contributed by atoms with Gasteiger partial charge in [0.1, 0.15) is 11.5 Å². The van der Waals surface area contributed by atoms with Crippen LogP contribution in [0.3, 0.4) is 0 Å². The van der Waals surface area contributed by atoms with E-state index in [4.69, 9.17) is 9.47 Å². The van der Waals surface area contributed by atoms with Gasteiger partial charge in [-0.25, -0.2) is 9.97 Å². The van der Waals surface area contributed by atoms with E-state index in [0.717, 1.165) is 25.3 Å². The van der Waals surface area contributed by atoms with E-state index in [1.165, 1.54) is 0 Å². The predicted molar refractivity (Wildman–Crippen MR) is 104 cm³/mol. The molecule has 0 aliphatic carbocycles. The van der Waals surface area contributed by atoms with Gasteiger partial charge in [-0.05, 0) is 18.2 Å². The van der Waals surface area contributed by atoms with Crippen LogP contribution in [0, 0.1) is 0 Å². The molecule has 0 atom stereocenters. The number of hydrogen-bond donors (Lipinski definition) is 0. The molecule has 0 N–H and O–H groups in total. The van der Waals surface area contributed by atoms with Crippen molar-refractivity contribution in [2.45, 2.75) is 6.54 Å². The Kier molecular flexibility index (Phi) is 5.12. The Hall–Kier alpha value is -3.13. The molecule has 1 aliphatic rings. The lowest BCUT2D eigenvalue weighted by Gasteiger charge is -2.34. The lowest BCUT2D eigenvalue weighted by atomic mass is 10.1. The second-order valence-electron chi connectivity index (χ2n) is 6.73. The van der Waals surface area contributed by atoms with Gasteiger partial charge in [0.05, 0.1) is 19.9 Å². The number of carbonyl (C=O) groups is 1. The highest BCUT2D eigenvalue weighted by Crippen LogP contribution is 2.24. The molecule has 146 valence electrons. The first-order valence-corrected chi connectivity index (χ1v) is 9.19. The van der Waals surface area contributed by atoms with Crippen LogP contribution in [0.25, 0.3) is 5.78 Å². The van der Waals surface area contributed by atoms with Crippen molar-refractivity contribution < 1.29 is 14.3 Å². The lowest BCUT2D eigenvalue weighted by Crippen LogP contribution is -2.48. The van der Waals surface area contributed by atoms with Gasteiger partial charge in [-0.15, -0.1) is 0 Å². The van der Waals surface area contributed by atoms with E-state index in [-0.39, 0.29) is 5.91 Å². The van der Waals surface area contributed by atoms with E-state index in [2.05, 4.69) is 14.9 Å². The van der Waals surface area contributed by atoms with Gasteiger partial charge in [0.25, 0.3) is 5.91 Å². The summed E-state index contributed by atoms with van der Waals surface area (Å²) in [6.45, 7) is 3.69. The van der Waals surface area contributed by atoms with Crippen molar-refractivity contribution in [3.8, 4) is 11.5 Å². The van der Waals surface area contributed by atoms with Gasteiger partial charge in [0, 0.05) is 62.9 Å². The quantitative estimate of drug-likeness (QED) is 0.670. The Morgan fingerprint density at radius 1 is 1.07 bits per heavy atom. The number of aromatic nitrogens is 3. The van der Waals surface area contributed by atoms with Crippen LogP contribution in [0.4, 0.5) is 0 Å². The van der Waals surface area contributed by atoms with E-state index in [1.807, 2.05) is 27.8 Å². The molecule has 28 heavy (non-hydrogen) atoms. The summed E-state index contributed by atoms with van der Waals surface area (Å²) in [5.74, 6) is 1.93. The zero-order valence-corrected chi connectivity index (χ0v) is 16.0. The highest BCUT2D eigenvalue weighted by Gasteiger charge is 2.23. The average Bonchev–Trinajstić information content (AvgIpc) is 3.15. The summed E-state index contributed by atoms with van der Waals surface area (Å²) in [4.78, 5) is 25.9. The number of carbonyl (C=O) groups excluding carboxylic acids is 1. The zero-order chi connectivity index (χ0) is 19.5. The normalized spacial score (nSPS) is 15.0. The van der Waals surface area contributed by atoms with Gasteiger partial charge in [-0.3, -0.25) is 14.1 Å². The minimum absolute atomic E-state index is 0.00576. The van der Waals surface area contributed by atoms with Gasteiger partial charge < -0.3 is 14.4 Å². The Bertz CT molecular complexity index is 924. The lowest BCUT2D eigenvalue weighted by molar-refractivity contribution is 0.0626. The fourth-order valence-corrected chi connectivity index (χ4v) is 3.41. The van der Waals surface area contributed by atoms with Crippen molar-refractivity contribution in [1.29, 1.82) is 0 Å². The maximum Gasteiger partial charge on any atom is 0.254 e. The monoisotopic (exact) mass is 381 g/mol. The van der Waals surface area contributed by atoms with Gasteiger partial charge in [0.2, 0.25) is 5.78 Å².